The molecule has 6 nitrogen and oxygen atoms in total. The van der Waals surface area contributed by atoms with Gasteiger partial charge >= 0.3 is 5.97 Å². The number of hydrogen-bond acceptors (Lipinski definition) is 6. The molecule has 1 heterocycles. The van der Waals surface area contributed by atoms with Crippen LogP contribution in [0.2, 0.25) is 0 Å². The number of nitrogens with zero attached hydrogens (tertiary/aromatic N) is 1. The Morgan fingerprint density at radius 3 is 2.79 bits per heavy atom. The number of carbonyl (C=O) groups excluding carboxylic acids is 2. The van der Waals surface area contributed by atoms with Crippen molar-refractivity contribution in [3.63, 3.8) is 0 Å². The van der Waals surface area contributed by atoms with Crippen molar-refractivity contribution >= 4 is 18.0 Å². The van der Waals surface area contributed by atoms with Crippen LogP contribution in [0, 0.1) is 11.3 Å². The predicted molar refractivity (Wildman–Crippen MR) is 133 cm³/mol. The summed E-state index contributed by atoms with van der Waals surface area (Å²) in [4.78, 5) is 28.9. The number of phenols is 1. The zero-order valence-corrected chi connectivity index (χ0v) is 20.3. The summed E-state index contributed by atoms with van der Waals surface area (Å²) in [7, 11) is 1.49. The van der Waals surface area contributed by atoms with Crippen molar-refractivity contribution < 1.29 is 24.2 Å². The van der Waals surface area contributed by atoms with E-state index in [4.69, 9.17) is 9.47 Å². The second-order valence-electron chi connectivity index (χ2n) is 9.24. The highest BCUT2D eigenvalue weighted by Crippen LogP contribution is 2.44. The molecule has 1 aromatic carbocycles. The summed E-state index contributed by atoms with van der Waals surface area (Å²) in [5, 5.41) is 9.75. The van der Waals surface area contributed by atoms with E-state index in [1.807, 2.05) is 6.21 Å². The topological polar surface area (TPSA) is 85.2 Å². The van der Waals surface area contributed by atoms with E-state index in [1.54, 1.807) is 18.2 Å². The van der Waals surface area contributed by atoms with Crippen LogP contribution in [0.25, 0.3) is 0 Å². The first kappa shape index (κ1) is 25.5. The molecule has 0 saturated carbocycles. The van der Waals surface area contributed by atoms with Gasteiger partial charge in [-0.15, -0.1) is 0 Å². The number of aromatic hydroxyl groups is 1. The largest absolute Gasteiger partial charge is 0.504 e. The maximum atomic E-state index is 12.8. The summed E-state index contributed by atoms with van der Waals surface area (Å²) in [5.41, 5.74) is 2.04. The van der Waals surface area contributed by atoms with Crippen LogP contribution in [-0.4, -0.2) is 42.8 Å². The molecule has 1 N–H and O–H groups in total. The minimum absolute atomic E-state index is 0.0464. The Hall–Kier alpha value is -3.15. The second kappa shape index (κ2) is 11.8. The molecule has 0 fully saturated rings. The average molecular weight is 466 g/mol. The number of ether oxygens (including phenoxy) is 2. The van der Waals surface area contributed by atoms with Gasteiger partial charge in [0.05, 0.1) is 13.7 Å². The van der Waals surface area contributed by atoms with Crippen molar-refractivity contribution in [3.8, 4) is 11.5 Å². The summed E-state index contributed by atoms with van der Waals surface area (Å²) in [5.74, 6) is 0.463. The number of allylic oxidation sites excluding steroid dienone is 5. The van der Waals surface area contributed by atoms with Gasteiger partial charge in [-0.3, -0.25) is 14.6 Å². The summed E-state index contributed by atoms with van der Waals surface area (Å²) < 4.78 is 10.7. The summed E-state index contributed by atoms with van der Waals surface area (Å²) in [6.07, 6.45) is 15.7. The van der Waals surface area contributed by atoms with E-state index in [1.165, 1.54) is 19.6 Å². The zero-order valence-electron chi connectivity index (χ0n) is 20.3. The van der Waals surface area contributed by atoms with E-state index in [-0.39, 0.29) is 29.3 Å². The lowest BCUT2D eigenvalue weighted by Crippen LogP contribution is -2.31. The van der Waals surface area contributed by atoms with E-state index in [0.29, 0.717) is 30.9 Å². The van der Waals surface area contributed by atoms with E-state index >= 15 is 0 Å². The van der Waals surface area contributed by atoms with Crippen LogP contribution in [0.4, 0.5) is 0 Å². The van der Waals surface area contributed by atoms with Crippen molar-refractivity contribution in [2.45, 2.75) is 58.5 Å². The third-order valence-electron chi connectivity index (χ3n) is 6.75. The number of methoxy groups -OCH3 is 1. The summed E-state index contributed by atoms with van der Waals surface area (Å²) in [6, 6.07) is 5.09. The van der Waals surface area contributed by atoms with Crippen molar-refractivity contribution in [3.05, 3.63) is 59.7 Å². The minimum atomic E-state index is -0.450. The molecule has 3 atom stereocenters. The number of rotatable bonds is 12. The molecule has 2 aliphatic rings. The molecular formula is C28H35NO5. The van der Waals surface area contributed by atoms with Gasteiger partial charge in [-0.1, -0.05) is 43.4 Å². The van der Waals surface area contributed by atoms with Gasteiger partial charge in [-0.25, -0.2) is 0 Å². The highest BCUT2D eigenvalue weighted by atomic mass is 16.5. The Bertz CT molecular complexity index is 1010. The lowest BCUT2D eigenvalue weighted by molar-refractivity contribution is -0.148. The molecule has 1 aliphatic heterocycles. The van der Waals surface area contributed by atoms with Crippen LogP contribution in [-0.2, 0) is 20.7 Å². The van der Waals surface area contributed by atoms with E-state index < -0.39 is 6.10 Å². The summed E-state index contributed by atoms with van der Waals surface area (Å²) in [6.45, 7) is 4.34. The molecule has 1 aliphatic carbocycles. The fourth-order valence-corrected chi connectivity index (χ4v) is 4.72. The molecule has 0 aromatic heterocycles. The summed E-state index contributed by atoms with van der Waals surface area (Å²) >= 11 is 0. The van der Waals surface area contributed by atoms with Crippen LogP contribution in [0.5, 0.6) is 11.5 Å². The first-order valence-electron chi connectivity index (χ1n) is 11.9. The number of hydrogen-bond donors (Lipinski definition) is 1. The Labute approximate surface area is 202 Å². The fourth-order valence-electron chi connectivity index (χ4n) is 4.72. The van der Waals surface area contributed by atoms with Crippen molar-refractivity contribution in [2.24, 2.45) is 16.3 Å². The molecule has 0 radical (unpaired) electrons. The predicted octanol–water partition coefficient (Wildman–Crippen LogP) is 5.15. The molecule has 0 spiro atoms. The normalized spacial score (nSPS) is 21.9. The average Bonchev–Trinajstić information content (AvgIpc) is 3.31. The molecule has 6 heteroatoms. The van der Waals surface area contributed by atoms with Gasteiger partial charge in [0, 0.05) is 26.0 Å². The molecule has 182 valence electrons. The number of ketones is 1. The van der Waals surface area contributed by atoms with Gasteiger partial charge in [-0.05, 0) is 60.3 Å². The number of Topliss-reactive ketones (excluding diaryl/α,β-unsaturated/α-hetero) is 1. The highest BCUT2D eigenvalue weighted by Gasteiger charge is 2.35. The van der Waals surface area contributed by atoms with Gasteiger partial charge < -0.3 is 14.6 Å². The Morgan fingerprint density at radius 2 is 2.12 bits per heavy atom. The molecule has 1 aromatic rings. The highest BCUT2D eigenvalue weighted by molar-refractivity contribution is 5.81. The van der Waals surface area contributed by atoms with Gasteiger partial charge in [0.25, 0.3) is 0 Å². The number of esters is 1. The molecule has 3 unspecified atom stereocenters. The second-order valence-corrected chi connectivity index (χ2v) is 9.24. The quantitative estimate of drug-likeness (QED) is 0.431. The van der Waals surface area contributed by atoms with E-state index in [2.05, 4.69) is 42.3 Å². The first-order chi connectivity index (χ1) is 16.3. The minimum Gasteiger partial charge on any atom is -0.504 e. The Balaban J connectivity index is 1.62. The van der Waals surface area contributed by atoms with Gasteiger partial charge in [0.15, 0.2) is 11.5 Å². The van der Waals surface area contributed by atoms with Crippen LogP contribution in [0.3, 0.4) is 0 Å². The molecule has 0 bridgehead atoms. The lowest BCUT2D eigenvalue weighted by Gasteiger charge is -2.38. The molecule has 34 heavy (non-hydrogen) atoms. The molecular weight excluding hydrogens is 430 g/mol. The number of aryl methyl sites for hydroxylation is 1. The molecule has 0 amide bonds. The van der Waals surface area contributed by atoms with E-state index in [0.717, 1.165) is 24.9 Å². The van der Waals surface area contributed by atoms with Crippen LogP contribution >= 0.6 is 0 Å². The third-order valence-corrected chi connectivity index (χ3v) is 6.75. The standard InChI is InChI=1S/C28H35NO5/c1-20-6-4-5-13-28(20,18-23-12-15-29-19-23)14-11-25(34-21(2)30)17-24(31)9-7-22-8-10-26(32)27(16-22)33-3/h4-6,8,10,12-13,16,19-20,25,32H,7,9,11,14-15,17-18H2,1-3H3. The van der Waals surface area contributed by atoms with Gasteiger partial charge in [0.1, 0.15) is 11.9 Å². The Morgan fingerprint density at radius 1 is 1.29 bits per heavy atom. The maximum absolute atomic E-state index is 12.8. The van der Waals surface area contributed by atoms with Crippen LogP contribution in [0.1, 0.15) is 51.5 Å². The lowest BCUT2D eigenvalue weighted by atomic mass is 9.66. The van der Waals surface area contributed by atoms with Crippen LogP contribution in [0.15, 0.2) is 59.1 Å². The number of aliphatic imine (C=N–C) groups is 1. The SMILES string of the molecule is COc1cc(CCC(=O)CC(CCC2(CC3=CCN=C3)C=CC=CC2C)OC(C)=O)ccc1O. The number of phenolic OH excluding ortho intramolecular Hbond substituents is 1. The molecule has 3 rings (SSSR count). The monoisotopic (exact) mass is 465 g/mol. The van der Waals surface area contributed by atoms with Crippen molar-refractivity contribution in [2.75, 3.05) is 13.7 Å². The zero-order chi connectivity index (χ0) is 24.6. The van der Waals surface area contributed by atoms with Gasteiger partial charge in [0.2, 0.25) is 0 Å². The van der Waals surface area contributed by atoms with E-state index in [9.17, 15) is 14.7 Å². The fraction of sp³-hybridized carbons (Fsp3) is 0.464. The van der Waals surface area contributed by atoms with Crippen molar-refractivity contribution in [1.29, 1.82) is 0 Å². The Kier molecular flexibility index (Phi) is 8.85. The smallest absolute Gasteiger partial charge is 0.302 e. The molecule has 0 saturated heterocycles. The number of carbonyl (C=O) groups is 2. The first-order valence-corrected chi connectivity index (χ1v) is 11.9. The van der Waals surface area contributed by atoms with Crippen LogP contribution < -0.4 is 4.74 Å². The van der Waals surface area contributed by atoms with Crippen molar-refractivity contribution in [1.82, 2.24) is 0 Å². The maximum Gasteiger partial charge on any atom is 0.302 e. The number of benzene rings is 1. The van der Waals surface area contributed by atoms with Gasteiger partial charge in [-0.2, -0.15) is 0 Å². The third kappa shape index (κ3) is 6.92.